The number of nitrogens with zero attached hydrogens (tertiary/aromatic N) is 1. The van der Waals surface area contributed by atoms with E-state index in [1.54, 1.807) is 11.8 Å². The van der Waals surface area contributed by atoms with Gasteiger partial charge in [0.25, 0.3) is 0 Å². The van der Waals surface area contributed by atoms with E-state index in [1.165, 1.54) is 0 Å². The fraction of sp³-hybridized carbons (Fsp3) is 0.857. The van der Waals surface area contributed by atoms with Crippen molar-refractivity contribution in [3.8, 4) is 0 Å². The lowest BCUT2D eigenvalue weighted by Crippen LogP contribution is -2.46. The van der Waals surface area contributed by atoms with Crippen LogP contribution in [0.25, 0.3) is 0 Å². The van der Waals surface area contributed by atoms with Crippen LogP contribution in [-0.2, 0) is 4.79 Å². The van der Waals surface area contributed by atoms with Gasteiger partial charge in [-0.05, 0) is 6.92 Å². The van der Waals surface area contributed by atoms with Gasteiger partial charge in [0.2, 0.25) is 0 Å². The summed E-state index contributed by atoms with van der Waals surface area (Å²) in [6.45, 7) is 2.52. The zero-order valence-electron chi connectivity index (χ0n) is 7.51. The molecule has 78 valence electrons. The first kappa shape index (κ1) is 10.8. The van der Waals surface area contributed by atoms with Crippen LogP contribution in [0.1, 0.15) is 6.92 Å². The van der Waals surface area contributed by atoms with Gasteiger partial charge in [0.05, 0.1) is 11.5 Å². The van der Waals surface area contributed by atoms with E-state index in [1.807, 2.05) is 0 Å². The molecule has 0 radical (unpaired) electrons. The maximum atomic E-state index is 10.6. The van der Waals surface area contributed by atoms with Crippen LogP contribution in [0.3, 0.4) is 0 Å². The fourth-order valence-corrected chi connectivity index (χ4v) is 2.54. The highest BCUT2D eigenvalue weighted by molar-refractivity contribution is 8.24. The first-order valence-electron chi connectivity index (χ1n) is 4.13. The Labute approximate surface area is 78.7 Å². The maximum Gasteiger partial charge on any atom is 0.320 e. The first-order chi connectivity index (χ1) is 5.92. The second kappa shape index (κ2) is 3.83. The lowest BCUT2D eigenvalue weighted by molar-refractivity contribution is -0.142. The molecule has 1 aliphatic heterocycles. The molecule has 6 heteroatoms. The average molecular weight is 209 g/mol. The Kier molecular flexibility index (Phi) is 3.18. The molecule has 0 amide bonds. The number of carboxylic acids is 1. The van der Waals surface area contributed by atoms with Crippen LogP contribution in [0, 0.1) is 0 Å². The molecule has 0 saturated carbocycles. The molecule has 3 N–H and O–H groups in total. The van der Waals surface area contributed by atoms with Gasteiger partial charge in [-0.25, -0.2) is 0 Å². The predicted molar refractivity (Wildman–Crippen MR) is 51.3 cm³/mol. The number of aliphatic carboxylic acids is 1. The van der Waals surface area contributed by atoms with Crippen LogP contribution in [-0.4, -0.2) is 55.7 Å². The molecule has 13 heavy (non-hydrogen) atoms. The standard InChI is InChI=1S/C7H15NO4S/c1-6(7(9)10)8-2-4-13(11,12)5-3-8/h6,11-12H,2-5H2,1H3,(H,9,10). The molecule has 1 atom stereocenters. The third-order valence-electron chi connectivity index (χ3n) is 2.32. The minimum Gasteiger partial charge on any atom is -0.480 e. The Balaban J connectivity index is 2.45. The molecule has 0 aliphatic carbocycles. The Morgan fingerprint density at radius 3 is 2.23 bits per heavy atom. The summed E-state index contributed by atoms with van der Waals surface area (Å²) in [5.74, 6) is -0.270. The van der Waals surface area contributed by atoms with E-state index in [0.29, 0.717) is 24.6 Å². The van der Waals surface area contributed by atoms with Gasteiger partial charge in [0.15, 0.2) is 0 Å². The van der Waals surface area contributed by atoms with E-state index in [2.05, 4.69) is 0 Å². The summed E-state index contributed by atoms with van der Waals surface area (Å²) in [7, 11) is -2.41. The van der Waals surface area contributed by atoms with Crippen molar-refractivity contribution in [1.29, 1.82) is 0 Å². The highest BCUT2D eigenvalue weighted by Crippen LogP contribution is 2.40. The molecule has 5 nitrogen and oxygen atoms in total. The molecule has 0 aromatic carbocycles. The number of carbonyl (C=O) groups is 1. The molecule has 1 heterocycles. The van der Waals surface area contributed by atoms with Crippen LogP contribution in [0.15, 0.2) is 0 Å². The van der Waals surface area contributed by atoms with Gasteiger partial charge >= 0.3 is 5.97 Å². The first-order valence-corrected chi connectivity index (χ1v) is 6.01. The zero-order valence-corrected chi connectivity index (χ0v) is 8.33. The lowest BCUT2D eigenvalue weighted by Gasteiger charge is -2.42. The van der Waals surface area contributed by atoms with Crippen molar-refractivity contribution < 1.29 is 19.0 Å². The van der Waals surface area contributed by atoms with Crippen LogP contribution < -0.4 is 0 Å². The van der Waals surface area contributed by atoms with Crippen molar-refractivity contribution in [2.75, 3.05) is 24.6 Å². The highest BCUT2D eigenvalue weighted by atomic mass is 32.3. The molecule has 1 fully saturated rings. The molecule has 0 aromatic rings. The Morgan fingerprint density at radius 2 is 1.85 bits per heavy atom. The van der Waals surface area contributed by atoms with Crippen LogP contribution in [0.4, 0.5) is 0 Å². The Bertz CT molecular complexity index is 199. The topological polar surface area (TPSA) is 81.0 Å². The monoisotopic (exact) mass is 209 g/mol. The molecule has 0 spiro atoms. The third kappa shape index (κ3) is 2.84. The normalized spacial score (nSPS) is 27.9. The number of hydrogen-bond acceptors (Lipinski definition) is 4. The van der Waals surface area contributed by atoms with Crippen molar-refractivity contribution >= 4 is 16.6 Å². The van der Waals surface area contributed by atoms with Crippen molar-refractivity contribution in [2.45, 2.75) is 13.0 Å². The highest BCUT2D eigenvalue weighted by Gasteiger charge is 2.28. The molecular formula is C7H15NO4S. The van der Waals surface area contributed by atoms with Crippen molar-refractivity contribution in [3.05, 3.63) is 0 Å². The summed E-state index contributed by atoms with van der Waals surface area (Å²) >= 11 is 0. The van der Waals surface area contributed by atoms with Crippen LogP contribution >= 0.6 is 10.6 Å². The third-order valence-corrected chi connectivity index (χ3v) is 3.99. The molecule has 0 bridgehead atoms. The van der Waals surface area contributed by atoms with Gasteiger partial charge in [-0.2, -0.15) is 10.6 Å². The number of carboxylic acid groups (broad SMARTS) is 1. The van der Waals surface area contributed by atoms with E-state index in [-0.39, 0.29) is 0 Å². The van der Waals surface area contributed by atoms with Crippen molar-refractivity contribution in [1.82, 2.24) is 4.90 Å². The minimum absolute atomic E-state index is 0.296. The van der Waals surface area contributed by atoms with Gasteiger partial charge in [-0.1, -0.05) is 0 Å². The summed E-state index contributed by atoms with van der Waals surface area (Å²) in [4.78, 5) is 12.4. The fourth-order valence-electron chi connectivity index (χ4n) is 1.28. The lowest BCUT2D eigenvalue weighted by atomic mass is 10.3. The molecule has 1 rings (SSSR count). The molecular weight excluding hydrogens is 194 g/mol. The number of hydrogen-bond donors (Lipinski definition) is 3. The van der Waals surface area contributed by atoms with E-state index in [0.717, 1.165) is 0 Å². The van der Waals surface area contributed by atoms with Gasteiger partial charge in [-0.3, -0.25) is 18.8 Å². The van der Waals surface area contributed by atoms with Crippen molar-refractivity contribution in [2.24, 2.45) is 0 Å². The molecule has 1 aliphatic rings. The zero-order chi connectivity index (χ0) is 10.1. The van der Waals surface area contributed by atoms with E-state index < -0.39 is 22.6 Å². The summed E-state index contributed by atoms with van der Waals surface area (Å²) in [5.41, 5.74) is 0. The quantitative estimate of drug-likeness (QED) is 0.618. The number of rotatable bonds is 2. The van der Waals surface area contributed by atoms with Crippen LogP contribution in [0.5, 0.6) is 0 Å². The smallest absolute Gasteiger partial charge is 0.320 e. The average Bonchev–Trinajstić information content (AvgIpc) is 2.03. The van der Waals surface area contributed by atoms with E-state index in [4.69, 9.17) is 5.11 Å². The Hall–Kier alpha value is -0.300. The second-order valence-electron chi connectivity index (χ2n) is 3.26. The van der Waals surface area contributed by atoms with Gasteiger partial charge in [0, 0.05) is 13.1 Å². The molecule has 1 saturated heterocycles. The van der Waals surface area contributed by atoms with Crippen molar-refractivity contribution in [3.63, 3.8) is 0 Å². The summed E-state index contributed by atoms with van der Waals surface area (Å²) in [5, 5.41) is 8.70. The summed E-state index contributed by atoms with van der Waals surface area (Å²) < 4.78 is 18.6. The minimum atomic E-state index is -2.41. The second-order valence-corrected chi connectivity index (χ2v) is 5.68. The Morgan fingerprint density at radius 1 is 1.38 bits per heavy atom. The largest absolute Gasteiger partial charge is 0.480 e. The van der Waals surface area contributed by atoms with Crippen LogP contribution in [0.2, 0.25) is 0 Å². The SMILES string of the molecule is CC(C(=O)O)N1CCS(O)(O)CC1. The molecule has 0 aromatic heterocycles. The van der Waals surface area contributed by atoms with E-state index in [9.17, 15) is 13.9 Å². The maximum absolute atomic E-state index is 10.6. The van der Waals surface area contributed by atoms with Gasteiger partial charge in [-0.15, -0.1) is 0 Å². The molecule has 1 unspecified atom stereocenters. The summed E-state index contributed by atoms with van der Waals surface area (Å²) in [6.07, 6.45) is 0. The predicted octanol–water partition coefficient (Wildman–Crippen LogP) is 0.526. The van der Waals surface area contributed by atoms with Gasteiger partial charge < -0.3 is 5.11 Å². The van der Waals surface area contributed by atoms with Gasteiger partial charge in [0.1, 0.15) is 6.04 Å². The van der Waals surface area contributed by atoms with E-state index >= 15 is 0 Å². The summed E-state index contributed by atoms with van der Waals surface area (Å²) in [6, 6.07) is -0.532.